The van der Waals surface area contributed by atoms with Gasteiger partial charge in [0.1, 0.15) is 0 Å². The van der Waals surface area contributed by atoms with Crippen molar-refractivity contribution < 1.29 is 4.79 Å². The molecule has 0 saturated carbocycles. The molecule has 2 heterocycles. The van der Waals surface area contributed by atoms with E-state index in [-0.39, 0.29) is 5.91 Å². The molecule has 3 aromatic rings. The van der Waals surface area contributed by atoms with E-state index in [1.165, 1.54) is 11.3 Å². The van der Waals surface area contributed by atoms with Gasteiger partial charge in [0.05, 0.1) is 17.5 Å². The predicted octanol–water partition coefficient (Wildman–Crippen LogP) is 3.74. The van der Waals surface area contributed by atoms with Crippen LogP contribution in [0.1, 0.15) is 22.3 Å². The van der Waals surface area contributed by atoms with Gasteiger partial charge in [0, 0.05) is 37.4 Å². The Hall–Kier alpha value is -3.08. The van der Waals surface area contributed by atoms with Crippen molar-refractivity contribution in [2.45, 2.75) is 13.3 Å². The van der Waals surface area contributed by atoms with Crippen molar-refractivity contribution in [3.05, 3.63) is 71.9 Å². The van der Waals surface area contributed by atoms with E-state index in [0.29, 0.717) is 12.1 Å². The molecule has 1 fully saturated rings. The highest BCUT2D eigenvalue weighted by molar-refractivity contribution is 5.99. The van der Waals surface area contributed by atoms with E-state index in [4.69, 9.17) is 0 Å². The van der Waals surface area contributed by atoms with E-state index < -0.39 is 0 Å². The number of benzene rings is 2. The highest BCUT2D eigenvalue weighted by atomic mass is 16.2. The molecule has 2 aromatic carbocycles. The minimum Gasteiger partial charge on any atom is -0.369 e. The molecule has 1 aromatic heterocycles. The molecule has 0 spiro atoms. The molecule has 5 nitrogen and oxygen atoms in total. The molecule has 1 aliphatic heterocycles. The molecule has 1 aliphatic rings. The molecule has 0 atom stereocenters. The van der Waals surface area contributed by atoms with Crippen LogP contribution in [-0.2, 0) is 0 Å². The van der Waals surface area contributed by atoms with Crippen molar-refractivity contribution in [1.29, 1.82) is 0 Å². The van der Waals surface area contributed by atoms with Crippen LogP contribution in [0.3, 0.4) is 0 Å². The lowest BCUT2D eigenvalue weighted by Crippen LogP contribution is -2.35. The summed E-state index contributed by atoms with van der Waals surface area (Å²) < 4.78 is 0. The molecule has 138 valence electrons. The Balaban J connectivity index is 1.51. The van der Waals surface area contributed by atoms with Crippen molar-refractivity contribution in [3.63, 3.8) is 0 Å². The molecule has 27 heavy (non-hydrogen) atoms. The summed E-state index contributed by atoms with van der Waals surface area (Å²) in [6.45, 7) is 5.43. The van der Waals surface area contributed by atoms with Crippen LogP contribution in [0, 0.1) is 6.92 Å². The second kappa shape index (κ2) is 7.66. The molecule has 5 heteroatoms. The first-order valence-corrected chi connectivity index (χ1v) is 9.42. The molecule has 0 radical (unpaired) electrons. The summed E-state index contributed by atoms with van der Waals surface area (Å²) in [4.78, 5) is 17.5. The second-order valence-electron chi connectivity index (χ2n) is 6.94. The normalized spacial score (nSPS) is 14.9. The number of amides is 1. The Morgan fingerprint density at radius 3 is 2.56 bits per heavy atom. The van der Waals surface area contributed by atoms with Gasteiger partial charge in [0.15, 0.2) is 0 Å². The molecular weight excluding hydrogens is 336 g/mol. The number of aryl methyl sites for hydroxylation is 1. The van der Waals surface area contributed by atoms with Crippen LogP contribution >= 0.6 is 0 Å². The molecular formula is C22H24N4O. The third kappa shape index (κ3) is 3.58. The lowest BCUT2D eigenvalue weighted by atomic mass is 10.1. The van der Waals surface area contributed by atoms with Gasteiger partial charge >= 0.3 is 0 Å². The molecule has 4 rings (SSSR count). The van der Waals surface area contributed by atoms with Crippen LogP contribution in [0.15, 0.2) is 60.8 Å². The standard InChI is InChI=1S/C22H24N4O/c1-17-8-5-6-11-20(17)25-12-7-13-26(15-14-25)22(27)19-16-23-24-21(19)18-9-3-2-4-10-18/h2-6,8-11,16H,7,12-15H2,1H3,(H,23,24). The summed E-state index contributed by atoms with van der Waals surface area (Å²) >= 11 is 0. The molecule has 0 aliphatic carbocycles. The van der Waals surface area contributed by atoms with Crippen LogP contribution in [0.4, 0.5) is 5.69 Å². The zero-order chi connectivity index (χ0) is 18.6. The zero-order valence-electron chi connectivity index (χ0n) is 15.6. The topological polar surface area (TPSA) is 52.2 Å². The molecule has 1 N–H and O–H groups in total. The monoisotopic (exact) mass is 360 g/mol. The highest BCUT2D eigenvalue weighted by Gasteiger charge is 2.24. The first kappa shape index (κ1) is 17.3. The fourth-order valence-electron chi connectivity index (χ4n) is 3.72. The van der Waals surface area contributed by atoms with Crippen molar-refractivity contribution in [2.75, 3.05) is 31.1 Å². The number of hydrogen-bond acceptors (Lipinski definition) is 3. The first-order chi connectivity index (χ1) is 13.2. The van der Waals surface area contributed by atoms with Crippen molar-refractivity contribution in [1.82, 2.24) is 15.1 Å². The maximum Gasteiger partial charge on any atom is 0.257 e. The summed E-state index contributed by atoms with van der Waals surface area (Å²) in [5, 5.41) is 7.12. The fraction of sp³-hybridized carbons (Fsp3) is 0.273. The summed E-state index contributed by atoms with van der Waals surface area (Å²) in [5.41, 5.74) is 4.96. The SMILES string of the molecule is Cc1ccccc1N1CCCN(C(=O)c2cn[nH]c2-c2ccccc2)CC1. The van der Waals surface area contributed by atoms with Gasteiger partial charge in [-0.05, 0) is 25.0 Å². The number of aromatic nitrogens is 2. The number of hydrogen-bond donors (Lipinski definition) is 1. The number of para-hydroxylation sites is 1. The van der Waals surface area contributed by atoms with Crippen molar-refractivity contribution >= 4 is 11.6 Å². The number of H-pyrrole nitrogens is 1. The maximum absolute atomic E-state index is 13.2. The quantitative estimate of drug-likeness (QED) is 0.774. The summed E-state index contributed by atoms with van der Waals surface area (Å²) in [6.07, 6.45) is 2.60. The zero-order valence-corrected chi connectivity index (χ0v) is 15.6. The molecule has 1 amide bonds. The number of carbonyl (C=O) groups excluding carboxylic acids is 1. The molecule has 0 bridgehead atoms. The second-order valence-corrected chi connectivity index (χ2v) is 6.94. The van der Waals surface area contributed by atoms with Crippen molar-refractivity contribution in [2.24, 2.45) is 0 Å². The van der Waals surface area contributed by atoms with Gasteiger partial charge in [-0.3, -0.25) is 9.89 Å². The minimum atomic E-state index is 0.0502. The first-order valence-electron chi connectivity index (χ1n) is 9.42. The average molecular weight is 360 g/mol. The summed E-state index contributed by atoms with van der Waals surface area (Å²) in [7, 11) is 0. The van der Waals surface area contributed by atoms with E-state index in [1.54, 1.807) is 6.20 Å². The molecule has 1 saturated heterocycles. The van der Waals surface area contributed by atoms with E-state index >= 15 is 0 Å². The Morgan fingerprint density at radius 1 is 0.963 bits per heavy atom. The van der Waals surface area contributed by atoms with Crippen LogP contribution in [0.5, 0.6) is 0 Å². The molecule has 0 unspecified atom stereocenters. The lowest BCUT2D eigenvalue weighted by Gasteiger charge is -2.25. The van der Waals surface area contributed by atoms with Gasteiger partial charge in [-0.2, -0.15) is 5.10 Å². The van der Waals surface area contributed by atoms with E-state index in [2.05, 4.69) is 46.3 Å². The number of nitrogens with zero attached hydrogens (tertiary/aromatic N) is 3. The number of nitrogens with one attached hydrogen (secondary N) is 1. The largest absolute Gasteiger partial charge is 0.369 e. The van der Waals surface area contributed by atoms with Crippen LogP contribution < -0.4 is 4.90 Å². The fourth-order valence-corrected chi connectivity index (χ4v) is 3.72. The Bertz CT molecular complexity index is 919. The van der Waals surface area contributed by atoms with Crippen LogP contribution in [-0.4, -0.2) is 47.2 Å². The highest BCUT2D eigenvalue weighted by Crippen LogP contribution is 2.24. The summed E-state index contributed by atoms with van der Waals surface area (Å²) in [6, 6.07) is 18.3. The van der Waals surface area contributed by atoms with Crippen molar-refractivity contribution in [3.8, 4) is 11.3 Å². The van der Waals surface area contributed by atoms with Gasteiger partial charge < -0.3 is 9.80 Å². The Morgan fingerprint density at radius 2 is 1.74 bits per heavy atom. The predicted molar refractivity (Wildman–Crippen MR) is 108 cm³/mol. The van der Waals surface area contributed by atoms with Crippen LogP contribution in [0.25, 0.3) is 11.3 Å². The minimum absolute atomic E-state index is 0.0502. The van der Waals surface area contributed by atoms with Gasteiger partial charge in [-0.15, -0.1) is 0 Å². The lowest BCUT2D eigenvalue weighted by molar-refractivity contribution is 0.0768. The number of carbonyl (C=O) groups is 1. The van der Waals surface area contributed by atoms with E-state index in [1.807, 2.05) is 35.2 Å². The third-order valence-corrected chi connectivity index (χ3v) is 5.17. The smallest absolute Gasteiger partial charge is 0.257 e. The van der Waals surface area contributed by atoms with E-state index in [9.17, 15) is 4.79 Å². The number of rotatable bonds is 3. The maximum atomic E-state index is 13.2. The van der Waals surface area contributed by atoms with E-state index in [0.717, 1.165) is 37.3 Å². The van der Waals surface area contributed by atoms with Gasteiger partial charge in [-0.1, -0.05) is 48.5 Å². The number of anilines is 1. The Labute approximate surface area is 159 Å². The van der Waals surface area contributed by atoms with Crippen LogP contribution in [0.2, 0.25) is 0 Å². The average Bonchev–Trinajstić information content (AvgIpc) is 3.07. The van der Waals surface area contributed by atoms with Gasteiger partial charge in [0.25, 0.3) is 5.91 Å². The Kier molecular flexibility index (Phi) is 4.92. The van der Waals surface area contributed by atoms with Gasteiger partial charge in [0.2, 0.25) is 0 Å². The number of aromatic amines is 1. The third-order valence-electron chi connectivity index (χ3n) is 5.17. The van der Waals surface area contributed by atoms with Gasteiger partial charge in [-0.25, -0.2) is 0 Å². The summed E-state index contributed by atoms with van der Waals surface area (Å²) in [5.74, 6) is 0.0502.